The molecule has 1 atom stereocenters. The van der Waals surface area contributed by atoms with E-state index in [4.69, 9.17) is 21.4 Å². The molecule has 0 bridgehead atoms. The molecule has 0 spiro atoms. The lowest BCUT2D eigenvalue weighted by atomic mass is 10.2. The molecule has 0 saturated heterocycles. The minimum absolute atomic E-state index is 0.112. The molecule has 0 aliphatic carbocycles. The Labute approximate surface area is 126 Å². The summed E-state index contributed by atoms with van der Waals surface area (Å²) in [6, 6.07) is 9.21. The van der Waals surface area contributed by atoms with Gasteiger partial charge in [-0.3, -0.25) is 9.36 Å². The molecular formula is C15H14ClNO4. The van der Waals surface area contributed by atoms with E-state index in [1.807, 2.05) is 0 Å². The summed E-state index contributed by atoms with van der Waals surface area (Å²) in [6.45, 7) is 1.64. The van der Waals surface area contributed by atoms with Crippen molar-refractivity contribution in [2.24, 2.45) is 0 Å². The molecular weight excluding hydrogens is 294 g/mol. The van der Waals surface area contributed by atoms with E-state index in [-0.39, 0.29) is 12.4 Å². The van der Waals surface area contributed by atoms with Gasteiger partial charge in [0, 0.05) is 11.2 Å². The van der Waals surface area contributed by atoms with E-state index in [9.17, 15) is 9.59 Å². The van der Waals surface area contributed by atoms with Gasteiger partial charge in [-0.25, -0.2) is 4.79 Å². The topological polar surface area (TPSA) is 68.5 Å². The van der Waals surface area contributed by atoms with Gasteiger partial charge in [0.05, 0.1) is 0 Å². The lowest BCUT2D eigenvalue weighted by Gasteiger charge is -2.12. The van der Waals surface area contributed by atoms with Crippen LogP contribution in [0.25, 0.3) is 0 Å². The minimum Gasteiger partial charge on any atom is -0.483 e. The van der Waals surface area contributed by atoms with Crippen LogP contribution >= 0.6 is 11.6 Å². The number of hydrogen-bond donors (Lipinski definition) is 1. The lowest BCUT2D eigenvalue weighted by Crippen LogP contribution is -2.28. The van der Waals surface area contributed by atoms with Gasteiger partial charge in [-0.2, -0.15) is 0 Å². The van der Waals surface area contributed by atoms with E-state index < -0.39 is 17.6 Å². The highest BCUT2D eigenvalue weighted by atomic mass is 35.5. The number of benzene rings is 1. The Balaban J connectivity index is 2.17. The van der Waals surface area contributed by atoms with Crippen LogP contribution in [0.1, 0.15) is 18.5 Å². The normalized spacial score (nSPS) is 11.9. The van der Waals surface area contributed by atoms with Crippen molar-refractivity contribution in [1.82, 2.24) is 4.57 Å². The van der Waals surface area contributed by atoms with Crippen LogP contribution in [0.4, 0.5) is 0 Å². The first kappa shape index (κ1) is 15.1. The standard InChI is InChI=1S/C15H14ClNO4/c1-10(15(19)20)17-8-2-3-13(14(17)18)21-9-11-4-6-12(16)7-5-11/h2-8,10H,9H2,1H3,(H,19,20). The van der Waals surface area contributed by atoms with Gasteiger partial charge in [0.2, 0.25) is 0 Å². The second kappa shape index (κ2) is 6.45. The summed E-state index contributed by atoms with van der Waals surface area (Å²) < 4.78 is 6.59. The lowest BCUT2D eigenvalue weighted by molar-refractivity contribution is -0.140. The van der Waals surface area contributed by atoms with Gasteiger partial charge in [0.25, 0.3) is 5.56 Å². The molecule has 110 valence electrons. The summed E-state index contributed by atoms with van der Waals surface area (Å²) in [5.41, 5.74) is 0.391. The van der Waals surface area contributed by atoms with E-state index in [2.05, 4.69) is 0 Å². The van der Waals surface area contributed by atoms with Crippen LogP contribution in [0.5, 0.6) is 5.75 Å². The molecule has 0 saturated carbocycles. The number of aromatic nitrogens is 1. The third-order valence-corrected chi connectivity index (χ3v) is 3.27. The maximum atomic E-state index is 12.1. The fourth-order valence-corrected chi connectivity index (χ4v) is 1.89. The van der Waals surface area contributed by atoms with Crippen molar-refractivity contribution in [3.8, 4) is 5.75 Å². The maximum Gasteiger partial charge on any atom is 0.326 e. The zero-order valence-electron chi connectivity index (χ0n) is 11.3. The average Bonchev–Trinajstić information content (AvgIpc) is 2.47. The van der Waals surface area contributed by atoms with E-state index in [1.165, 1.54) is 19.2 Å². The third-order valence-electron chi connectivity index (χ3n) is 3.02. The van der Waals surface area contributed by atoms with Crippen molar-refractivity contribution in [3.63, 3.8) is 0 Å². The monoisotopic (exact) mass is 307 g/mol. The van der Waals surface area contributed by atoms with Crippen molar-refractivity contribution in [2.75, 3.05) is 0 Å². The molecule has 5 nitrogen and oxygen atoms in total. The molecule has 2 aromatic rings. The molecule has 0 fully saturated rings. The molecule has 1 aromatic heterocycles. The van der Waals surface area contributed by atoms with E-state index in [1.54, 1.807) is 30.3 Å². The highest BCUT2D eigenvalue weighted by Gasteiger charge is 2.16. The first-order chi connectivity index (χ1) is 9.99. The van der Waals surface area contributed by atoms with Crippen molar-refractivity contribution < 1.29 is 14.6 Å². The number of carbonyl (C=O) groups is 1. The molecule has 6 heteroatoms. The largest absolute Gasteiger partial charge is 0.483 e. The summed E-state index contributed by atoms with van der Waals surface area (Å²) in [5, 5.41) is 9.59. The average molecular weight is 308 g/mol. The van der Waals surface area contributed by atoms with Crippen LogP contribution in [-0.4, -0.2) is 15.6 Å². The number of ether oxygens (including phenoxy) is 1. The molecule has 0 aliphatic heterocycles. The summed E-state index contributed by atoms with van der Waals surface area (Å²) in [6.07, 6.45) is 1.43. The zero-order valence-corrected chi connectivity index (χ0v) is 12.1. The van der Waals surface area contributed by atoms with Crippen LogP contribution in [-0.2, 0) is 11.4 Å². The number of halogens is 1. The van der Waals surface area contributed by atoms with Gasteiger partial charge in [-0.1, -0.05) is 23.7 Å². The van der Waals surface area contributed by atoms with Crippen LogP contribution in [0, 0.1) is 0 Å². The predicted octanol–water partition coefficient (Wildman–Crippen LogP) is 2.73. The van der Waals surface area contributed by atoms with Gasteiger partial charge < -0.3 is 9.84 Å². The first-order valence-corrected chi connectivity index (χ1v) is 6.68. The second-order valence-electron chi connectivity index (χ2n) is 4.51. The SMILES string of the molecule is CC(C(=O)O)n1cccc(OCc2ccc(Cl)cc2)c1=O. The molecule has 21 heavy (non-hydrogen) atoms. The molecule has 0 amide bonds. The Bertz CT molecular complexity index is 694. The summed E-state index contributed by atoms with van der Waals surface area (Å²) >= 11 is 5.79. The minimum atomic E-state index is -1.08. The Morgan fingerprint density at radius 3 is 2.62 bits per heavy atom. The molecule has 0 aliphatic rings. The number of carboxylic acid groups (broad SMARTS) is 1. The number of carboxylic acids is 1. The first-order valence-electron chi connectivity index (χ1n) is 6.30. The maximum absolute atomic E-state index is 12.1. The van der Waals surface area contributed by atoms with Crippen LogP contribution in [0.3, 0.4) is 0 Å². The van der Waals surface area contributed by atoms with Gasteiger partial charge in [0.1, 0.15) is 12.6 Å². The number of aliphatic carboxylic acids is 1. The number of hydrogen-bond acceptors (Lipinski definition) is 3. The fraction of sp³-hybridized carbons (Fsp3) is 0.200. The Morgan fingerprint density at radius 2 is 2.00 bits per heavy atom. The van der Waals surface area contributed by atoms with Gasteiger partial charge >= 0.3 is 5.97 Å². The Hall–Kier alpha value is -2.27. The number of nitrogens with zero attached hydrogens (tertiary/aromatic N) is 1. The summed E-state index contributed by atoms with van der Waals surface area (Å²) in [4.78, 5) is 23.1. The third kappa shape index (κ3) is 3.64. The second-order valence-corrected chi connectivity index (χ2v) is 4.95. The molecule has 1 N–H and O–H groups in total. The van der Waals surface area contributed by atoms with Crippen molar-refractivity contribution >= 4 is 17.6 Å². The van der Waals surface area contributed by atoms with Crippen LogP contribution < -0.4 is 10.3 Å². The molecule has 1 unspecified atom stereocenters. The molecule has 2 rings (SSSR count). The Morgan fingerprint density at radius 1 is 1.33 bits per heavy atom. The van der Waals surface area contributed by atoms with Crippen LogP contribution in [0.2, 0.25) is 5.02 Å². The van der Waals surface area contributed by atoms with Crippen molar-refractivity contribution in [3.05, 3.63) is 63.5 Å². The smallest absolute Gasteiger partial charge is 0.326 e. The zero-order chi connectivity index (χ0) is 15.4. The van der Waals surface area contributed by atoms with E-state index >= 15 is 0 Å². The van der Waals surface area contributed by atoms with Crippen molar-refractivity contribution in [2.45, 2.75) is 19.6 Å². The fourth-order valence-electron chi connectivity index (χ4n) is 1.76. The van der Waals surface area contributed by atoms with Crippen LogP contribution in [0.15, 0.2) is 47.4 Å². The van der Waals surface area contributed by atoms with Gasteiger partial charge in [0.15, 0.2) is 5.75 Å². The van der Waals surface area contributed by atoms with Gasteiger partial charge in [-0.05, 0) is 36.8 Å². The van der Waals surface area contributed by atoms with E-state index in [0.717, 1.165) is 10.1 Å². The van der Waals surface area contributed by atoms with Crippen molar-refractivity contribution in [1.29, 1.82) is 0 Å². The number of rotatable bonds is 5. The summed E-state index contributed by atoms with van der Waals surface area (Å²) in [5.74, 6) is -0.965. The van der Waals surface area contributed by atoms with E-state index in [0.29, 0.717) is 5.02 Å². The predicted molar refractivity (Wildman–Crippen MR) is 78.8 cm³/mol. The van der Waals surface area contributed by atoms with Gasteiger partial charge in [-0.15, -0.1) is 0 Å². The summed E-state index contributed by atoms with van der Waals surface area (Å²) in [7, 11) is 0. The highest BCUT2D eigenvalue weighted by Crippen LogP contribution is 2.13. The quantitative estimate of drug-likeness (QED) is 0.922. The highest BCUT2D eigenvalue weighted by molar-refractivity contribution is 6.30. The molecule has 0 radical (unpaired) electrons. The number of pyridine rings is 1. The molecule has 1 aromatic carbocycles. The molecule has 1 heterocycles. The Kier molecular flexibility index (Phi) is 4.65.